The molecule has 4 radical (unpaired) electrons. The molecule has 0 fully saturated rings. The van der Waals surface area contributed by atoms with Crippen LogP contribution in [0.4, 0.5) is 11.4 Å². The molecule has 0 aromatic carbocycles. The zero-order chi connectivity index (χ0) is 10.0. The van der Waals surface area contributed by atoms with Gasteiger partial charge in [-0.15, -0.1) is 0 Å². The summed E-state index contributed by atoms with van der Waals surface area (Å²) >= 11 is 0. The van der Waals surface area contributed by atoms with Crippen molar-refractivity contribution >= 4 is 38.7 Å². The zero-order valence-electron chi connectivity index (χ0n) is 6.58. The molecular formula is C5H3N3O5Pb. The van der Waals surface area contributed by atoms with Gasteiger partial charge in [0.1, 0.15) is 12.3 Å². The third-order valence-corrected chi connectivity index (χ3v) is 1.24. The molecule has 1 aromatic rings. The van der Waals surface area contributed by atoms with E-state index in [1.807, 2.05) is 0 Å². The fourth-order valence-corrected chi connectivity index (χ4v) is 0.670. The molecule has 0 spiro atoms. The summed E-state index contributed by atoms with van der Waals surface area (Å²) in [6, 6.07) is 0.641. The number of nitro groups is 2. The van der Waals surface area contributed by atoms with Gasteiger partial charge in [0, 0.05) is 27.3 Å². The second-order valence-electron chi connectivity index (χ2n) is 2.05. The van der Waals surface area contributed by atoms with Crippen molar-refractivity contribution in [3.05, 3.63) is 32.5 Å². The molecule has 1 aromatic heterocycles. The normalized spacial score (nSPS) is 8.86. The van der Waals surface area contributed by atoms with Crippen molar-refractivity contribution in [3.63, 3.8) is 0 Å². The van der Waals surface area contributed by atoms with Crippen LogP contribution in [0.25, 0.3) is 0 Å². The van der Waals surface area contributed by atoms with Crippen molar-refractivity contribution in [2.75, 3.05) is 0 Å². The summed E-state index contributed by atoms with van der Waals surface area (Å²) in [5.74, 6) is -0.837. The van der Waals surface area contributed by atoms with Crippen molar-refractivity contribution in [3.8, 4) is 5.88 Å². The SMILES string of the molecule is O=[N+]([O-])c1cnc(O)c([N+](=O)[O-])c1.[Pb]. The Morgan fingerprint density at radius 1 is 1.29 bits per heavy atom. The minimum atomic E-state index is -0.949. The number of aromatic hydroxyl groups is 1. The summed E-state index contributed by atoms with van der Waals surface area (Å²) < 4.78 is 0. The average molecular weight is 392 g/mol. The molecule has 1 rings (SSSR count). The van der Waals surface area contributed by atoms with E-state index in [-0.39, 0.29) is 27.3 Å². The number of rotatable bonds is 2. The largest absolute Gasteiger partial charge is 0.488 e. The van der Waals surface area contributed by atoms with Crippen LogP contribution in [0.3, 0.4) is 0 Å². The Morgan fingerprint density at radius 3 is 2.29 bits per heavy atom. The maximum Gasteiger partial charge on any atom is 0.337 e. The molecule has 1 heterocycles. The summed E-state index contributed by atoms with van der Waals surface area (Å²) in [4.78, 5) is 21.6. The van der Waals surface area contributed by atoms with E-state index >= 15 is 0 Å². The van der Waals surface area contributed by atoms with E-state index in [0.29, 0.717) is 6.07 Å². The van der Waals surface area contributed by atoms with Crippen molar-refractivity contribution in [2.45, 2.75) is 0 Å². The molecule has 0 unspecified atom stereocenters. The number of nitrogens with zero attached hydrogens (tertiary/aromatic N) is 3. The first-order valence-electron chi connectivity index (χ1n) is 3.00. The predicted octanol–water partition coefficient (Wildman–Crippen LogP) is 0.223. The standard InChI is InChI=1S/C5H3N3O5.Pb/c9-5-4(8(12)13)1-3(2-6-5)7(10)11;/h1-2H,(H,6,9);. The van der Waals surface area contributed by atoms with Gasteiger partial charge in [0.05, 0.1) is 9.85 Å². The van der Waals surface area contributed by atoms with E-state index in [4.69, 9.17) is 5.11 Å². The molecule has 0 aliphatic rings. The van der Waals surface area contributed by atoms with Crippen LogP contribution in [0, 0.1) is 20.2 Å². The predicted molar refractivity (Wildman–Crippen MR) is 45.0 cm³/mol. The molecule has 0 amide bonds. The van der Waals surface area contributed by atoms with Gasteiger partial charge in [-0.25, -0.2) is 4.98 Å². The molecule has 14 heavy (non-hydrogen) atoms. The number of hydrogen-bond acceptors (Lipinski definition) is 6. The first kappa shape index (κ1) is 12.7. The van der Waals surface area contributed by atoms with E-state index in [1.165, 1.54) is 0 Å². The van der Waals surface area contributed by atoms with Crippen LogP contribution in [0.15, 0.2) is 12.3 Å². The Balaban J connectivity index is 0.00000169. The zero-order valence-corrected chi connectivity index (χ0v) is 10.5. The number of aromatic nitrogens is 1. The maximum atomic E-state index is 10.2. The van der Waals surface area contributed by atoms with Gasteiger partial charge < -0.3 is 5.11 Å². The Morgan fingerprint density at radius 2 is 1.86 bits per heavy atom. The molecule has 0 saturated carbocycles. The smallest absolute Gasteiger partial charge is 0.337 e. The molecule has 0 bridgehead atoms. The molecule has 1 N–H and O–H groups in total. The van der Waals surface area contributed by atoms with Gasteiger partial charge in [-0.05, 0) is 0 Å². The van der Waals surface area contributed by atoms with Crippen LogP contribution in [0.1, 0.15) is 0 Å². The van der Waals surface area contributed by atoms with Crippen LogP contribution < -0.4 is 0 Å². The Bertz CT molecular complexity index is 382. The third-order valence-electron chi connectivity index (χ3n) is 1.24. The number of hydrogen-bond donors (Lipinski definition) is 1. The Kier molecular flexibility index (Phi) is 4.33. The Hall–Kier alpha value is -1.33. The molecular weight excluding hydrogens is 389 g/mol. The van der Waals surface area contributed by atoms with Crippen molar-refractivity contribution in [1.82, 2.24) is 4.98 Å². The second kappa shape index (κ2) is 4.78. The van der Waals surface area contributed by atoms with E-state index in [2.05, 4.69) is 4.98 Å². The van der Waals surface area contributed by atoms with E-state index < -0.39 is 27.1 Å². The molecule has 9 heteroatoms. The fraction of sp³-hybridized carbons (Fsp3) is 0. The van der Waals surface area contributed by atoms with Crippen LogP contribution in [0.5, 0.6) is 5.88 Å². The van der Waals surface area contributed by atoms with Crippen molar-refractivity contribution < 1.29 is 15.0 Å². The maximum absolute atomic E-state index is 10.2. The van der Waals surface area contributed by atoms with Gasteiger partial charge in [-0.3, -0.25) is 20.2 Å². The van der Waals surface area contributed by atoms with Gasteiger partial charge >= 0.3 is 5.69 Å². The summed E-state index contributed by atoms with van der Waals surface area (Å²) in [5.41, 5.74) is -1.32. The molecule has 8 nitrogen and oxygen atoms in total. The van der Waals surface area contributed by atoms with Gasteiger partial charge in [0.25, 0.3) is 11.6 Å². The molecule has 0 aliphatic heterocycles. The summed E-state index contributed by atoms with van der Waals surface area (Å²) in [7, 11) is 0. The first-order chi connectivity index (χ1) is 6.02. The number of pyridine rings is 1. The summed E-state index contributed by atoms with van der Waals surface area (Å²) in [5, 5.41) is 29.1. The minimum Gasteiger partial charge on any atom is -0.488 e. The first-order valence-corrected chi connectivity index (χ1v) is 3.00. The summed E-state index contributed by atoms with van der Waals surface area (Å²) in [6.07, 6.45) is 0.738. The topological polar surface area (TPSA) is 119 Å². The van der Waals surface area contributed by atoms with Gasteiger partial charge in [-0.2, -0.15) is 0 Å². The molecule has 0 saturated heterocycles. The fourth-order valence-electron chi connectivity index (χ4n) is 0.670. The van der Waals surface area contributed by atoms with Gasteiger partial charge in [-0.1, -0.05) is 0 Å². The second-order valence-corrected chi connectivity index (χ2v) is 2.05. The molecule has 72 valence electrons. The van der Waals surface area contributed by atoms with Gasteiger partial charge in [0.15, 0.2) is 0 Å². The van der Waals surface area contributed by atoms with E-state index in [0.717, 1.165) is 6.20 Å². The quantitative estimate of drug-likeness (QED) is 0.437. The molecule has 0 aliphatic carbocycles. The monoisotopic (exact) mass is 393 g/mol. The van der Waals surface area contributed by atoms with Crippen molar-refractivity contribution in [1.29, 1.82) is 0 Å². The summed E-state index contributed by atoms with van der Waals surface area (Å²) in [6.45, 7) is 0. The van der Waals surface area contributed by atoms with Crippen LogP contribution in [-0.4, -0.2) is 47.2 Å². The van der Waals surface area contributed by atoms with Gasteiger partial charge in [0.2, 0.25) is 0 Å². The molecule has 0 atom stereocenters. The van der Waals surface area contributed by atoms with Crippen LogP contribution in [0.2, 0.25) is 0 Å². The van der Waals surface area contributed by atoms with E-state index in [9.17, 15) is 20.2 Å². The average Bonchev–Trinajstić information content (AvgIpc) is 2.04. The third kappa shape index (κ3) is 2.58. The van der Waals surface area contributed by atoms with E-state index in [1.54, 1.807) is 0 Å². The van der Waals surface area contributed by atoms with Crippen LogP contribution >= 0.6 is 0 Å². The van der Waals surface area contributed by atoms with Crippen LogP contribution in [-0.2, 0) is 0 Å². The Labute approximate surface area is 97.0 Å². The van der Waals surface area contributed by atoms with Crippen molar-refractivity contribution in [2.24, 2.45) is 0 Å². The minimum absolute atomic E-state index is 0.